The molecule has 0 bridgehead atoms. The molecule has 0 aliphatic carbocycles. The monoisotopic (exact) mass is 542 g/mol. The number of hydrogen-bond acceptors (Lipinski definition) is 7. The van der Waals surface area contributed by atoms with Crippen molar-refractivity contribution in [3.63, 3.8) is 0 Å². The summed E-state index contributed by atoms with van der Waals surface area (Å²) in [6, 6.07) is 18.4. The number of amides is 1. The number of nitrogens with zero attached hydrogens (tertiary/aromatic N) is 2. The van der Waals surface area contributed by atoms with Crippen LogP contribution in [0.1, 0.15) is 30.5 Å². The molecule has 3 rings (SSSR count). The van der Waals surface area contributed by atoms with E-state index >= 15 is 0 Å². The Balaban J connectivity index is 0.000000830. The average molecular weight is 543 g/mol. The number of carbonyl (C=O) groups is 2. The molecule has 1 aliphatic rings. The number of rotatable bonds is 9. The number of hydrogen-bond donors (Lipinski definition) is 2. The molecule has 36 heavy (non-hydrogen) atoms. The minimum Gasteiger partial charge on any atom is -0.464 e. The van der Waals surface area contributed by atoms with Crippen LogP contribution in [-0.4, -0.2) is 85.2 Å². The molecule has 0 spiro atoms. The largest absolute Gasteiger partial charge is 0.464 e. The highest BCUT2D eigenvalue weighted by Gasteiger charge is 2.28. The third kappa shape index (κ3) is 11.0. The molecule has 198 valence electrons. The summed E-state index contributed by atoms with van der Waals surface area (Å²) in [5, 5.41) is 0.713. The van der Waals surface area contributed by atoms with Gasteiger partial charge in [0.25, 0.3) is 0 Å². The van der Waals surface area contributed by atoms with E-state index in [1.165, 1.54) is 11.1 Å². The smallest absolute Gasteiger partial charge is 0.394 e. The van der Waals surface area contributed by atoms with Gasteiger partial charge in [0.1, 0.15) is 13.2 Å². The standard InChI is InChI=1S/C24H29ClN2O4.H2O4S/c1-2-16-31-23(29)18-30-17-22(28)26-12-14-27(15-13-26)24(19-6-4-3-5-7-19)20-8-10-21(25)11-9-20;1-5(2,3)4/h3-11,24H,2,12-18H2,1H3;(H2,1,2,3,4). The zero-order valence-corrected chi connectivity index (χ0v) is 21.5. The molecule has 0 radical (unpaired) electrons. The molecule has 1 atom stereocenters. The Morgan fingerprint density at radius 2 is 1.50 bits per heavy atom. The Labute approximate surface area is 216 Å². The van der Waals surface area contributed by atoms with Crippen LogP contribution in [0.4, 0.5) is 0 Å². The molecular weight excluding hydrogens is 512 g/mol. The van der Waals surface area contributed by atoms with Gasteiger partial charge in [0, 0.05) is 31.2 Å². The minimum atomic E-state index is -4.67. The quantitative estimate of drug-likeness (QED) is 0.362. The van der Waals surface area contributed by atoms with Crippen molar-refractivity contribution in [3.8, 4) is 0 Å². The van der Waals surface area contributed by atoms with Gasteiger partial charge in [-0.15, -0.1) is 0 Å². The third-order valence-corrected chi connectivity index (χ3v) is 5.50. The highest BCUT2D eigenvalue weighted by Crippen LogP contribution is 2.30. The molecular formula is C24H31ClN2O8S. The molecule has 2 aromatic carbocycles. The summed E-state index contributed by atoms with van der Waals surface area (Å²) in [4.78, 5) is 28.1. The maximum Gasteiger partial charge on any atom is 0.394 e. The van der Waals surface area contributed by atoms with E-state index < -0.39 is 16.4 Å². The molecule has 1 saturated heterocycles. The zero-order chi connectivity index (χ0) is 26.6. The van der Waals surface area contributed by atoms with Gasteiger partial charge in [0.2, 0.25) is 5.91 Å². The first kappa shape index (κ1) is 29.7. The van der Waals surface area contributed by atoms with Crippen LogP contribution >= 0.6 is 11.6 Å². The maximum absolute atomic E-state index is 12.5. The molecule has 1 heterocycles. The van der Waals surface area contributed by atoms with Crippen LogP contribution < -0.4 is 0 Å². The Morgan fingerprint density at radius 1 is 0.944 bits per heavy atom. The van der Waals surface area contributed by atoms with Crippen LogP contribution in [0.3, 0.4) is 0 Å². The van der Waals surface area contributed by atoms with Crippen molar-refractivity contribution in [3.05, 3.63) is 70.7 Å². The lowest BCUT2D eigenvalue weighted by molar-refractivity contribution is -0.151. The second-order valence-corrected chi connectivity index (χ2v) is 9.27. The van der Waals surface area contributed by atoms with Crippen molar-refractivity contribution in [1.29, 1.82) is 0 Å². The number of esters is 1. The summed E-state index contributed by atoms with van der Waals surface area (Å²) >= 11 is 6.09. The van der Waals surface area contributed by atoms with Gasteiger partial charge in [-0.1, -0.05) is 61.0 Å². The summed E-state index contributed by atoms with van der Waals surface area (Å²) in [5.74, 6) is -0.543. The van der Waals surface area contributed by atoms with Crippen LogP contribution in [-0.2, 0) is 29.5 Å². The van der Waals surface area contributed by atoms with Gasteiger partial charge in [0.05, 0.1) is 12.6 Å². The lowest BCUT2D eigenvalue weighted by Crippen LogP contribution is -2.50. The fourth-order valence-electron chi connectivity index (χ4n) is 3.69. The van der Waals surface area contributed by atoms with E-state index in [0.29, 0.717) is 24.7 Å². The summed E-state index contributed by atoms with van der Waals surface area (Å²) in [5.41, 5.74) is 2.38. The highest BCUT2D eigenvalue weighted by atomic mass is 35.5. The van der Waals surface area contributed by atoms with Gasteiger partial charge in [-0.25, -0.2) is 4.79 Å². The molecule has 0 saturated carbocycles. The number of carbonyl (C=O) groups excluding carboxylic acids is 2. The van der Waals surface area contributed by atoms with Crippen LogP contribution in [0.15, 0.2) is 54.6 Å². The molecule has 1 unspecified atom stereocenters. The van der Waals surface area contributed by atoms with Crippen molar-refractivity contribution in [1.82, 2.24) is 9.80 Å². The van der Waals surface area contributed by atoms with Gasteiger partial charge in [0.15, 0.2) is 0 Å². The predicted molar refractivity (Wildman–Crippen MR) is 134 cm³/mol. The van der Waals surface area contributed by atoms with Gasteiger partial charge in [-0.3, -0.25) is 18.8 Å². The van der Waals surface area contributed by atoms with Crippen LogP contribution in [0.25, 0.3) is 0 Å². The fourth-order valence-corrected chi connectivity index (χ4v) is 3.82. The number of piperazine rings is 1. The fraction of sp³-hybridized carbons (Fsp3) is 0.417. The topological polar surface area (TPSA) is 134 Å². The minimum absolute atomic E-state index is 0.0975. The van der Waals surface area contributed by atoms with E-state index in [1.54, 1.807) is 4.90 Å². The second kappa shape index (κ2) is 14.9. The Bertz CT molecular complexity index is 1050. The van der Waals surface area contributed by atoms with E-state index in [1.807, 2.05) is 37.3 Å². The Morgan fingerprint density at radius 3 is 2.06 bits per heavy atom. The number of benzene rings is 2. The molecule has 1 aliphatic heterocycles. The maximum atomic E-state index is 12.5. The van der Waals surface area contributed by atoms with Gasteiger partial charge >= 0.3 is 16.4 Å². The van der Waals surface area contributed by atoms with Crippen LogP contribution in [0, 0.1) is 0 Å². The van der Waals surface area contributed by atoms with Crippen LogP contribution in [0.2, 0.25) is 5.02 Å². The highest BCUT2D eigenvalue weighted by molar-refractivity contribution is 7.79. The molecule has 2 aromatic rings. The average Bonchev–Trinajstić information content (AvgIpc) is 2.84. The summed E-state index contributed by atoms with van der Waals surface area (Å²) in [6.07, 6.45) is 0.759. The normalized spacial score (nSPS) is 14.9. The first-order valence-corrected chi connectivity index (χ1v) is 13.1. The molecule has 12 heteroatoms. The Hall–Kier alpha value is -2.54. The van der Waals surface area contributed by atoms with E-state index in [0.717, 1.165) is 19.5 Å². The summed E-state index contributed by atoms with van der Waals surface area (Å²) in [7, 11) is -4.67. The van der Waals surface area contributed by atoms with E-state index in [4.69, 9.17) is 38.6 Å². The SMILES string of the molecule is CCCOC(=O)COCC(=O)N1CCN(C(c2ccccc2)c2ccc(Cl)cc2)CC1.O=S(=O)(O)O. The number of ether oxygens (including phenoxy) is 2. The zero-order valence-electron chi connectivity index (χ0n) is 20.0. The first-order chi connectivity index (χ1) is 17.1. The van der Waals surface area contributed by atoms with Crippen molar-refractivity contribution >= 4 is 33.9 Å². The molecule has 1 fully saturated rings. The van der Waals surface area contributed by atoms with E-state index in [2.05, 4.69) is 29.2 Å². The third-order valence-electron chi connectivity index (χ3n) is 5.25. The summed E-state index contributed by atoms with van der Waals surface area (Å²) < 4.78 is 41.8. The van der Waals surface area contributed by atoms with Gasteiger partial charge < -0.3 is 14.4 Å². The van der Waals surface area contributed by atoms with Crippen molar-refractivity contribution in [2.24, 2.45) is 0 Å². The molecule has 10 nitrogen and oxygen atoms in total. The second-order valence-electron chi connectivity index (χ2n) is 7.94. The van der Waals surface area contributed by atoms with E-state index in [9.17, 15) is 9.59 Å². The predicted octanol–water partition coefficient (Wildman–Crippen LogP) is 2.89. The summed E-state index contributed by atoms with van der Waals surface area (Å²) in [6.45, 7) is 4.69. The molecule has 1 amide bonds. The van der Waals surface area contributed by atoms with Gasteiger partial charge in [-0.2, -0.15) is 8.42 Å². The van der Waals surface area contributed by atoms with Crippen molar-refractivity contribution in [2.75, 3.05) is 46.0 Å². The first-order valence-electron chi connectivity index (χ1n) is 11.3. The lowest BCUT2D eigenvalue weighted by Gasteiger charge is -2.39. The molecule has 0 aromatic heterocycles. The Kier molecular flexibility index (Phi) is 12.3. The van der Waals surface area contributed by atoms with Crippen LogP contribution in [0.5, 0.6) is 0 Å². The molecule has 2 N–H and O–H groups in total. The lowest BCUT2D eigenvalue weighted by atomic mass is 9.96. The number of halogens is 1. The van der Waals surface area contributed by atoms with Crippen molar-refractivity contribution < 1.29 is 36.6 Å². The van der Waals surface area contributed by atoms with E-state index in [-0.39, 0.29) is 25.2 Å². The van der Waals surface area contributed by atoms with Gasteiger partial charge in [-0.05, 0) is 29.7 Å². The van der Waals surface area contributed by atoms with Crippen molar-refractivity contribution in [2.45, 2.75) is 19.4 Å².